The molecule has 3 nitrogen and oxygen atoms in total. The third-order valence-corrected chi connectivity index (χ3v) is 1.84. The topological polar surface area (TPSA) is 55.5 Å². The van der Waals surface area contributed by atoms with Crippen LogP contribution < -0.4 is 10.5 Å². The Bertz CT molecular complexity index is 315. The number of phenolic OH excluding ortho intramolecular Hbond substituents is 1. The monoisotopic (exact) mass is 215 g/mol. The smallest absolute Gasteiger partial charge is 0.160 e. The minimum absolute atomic E-state index is 0. The average molecular weight is 216 g/mol. The maximum Gasteiger partial charge on any atom is 0.160 e. The highest BCUT2D eigenvalue weighted by atomic mass is 35.5. The number of hydrogen-bond donors (Lipinski definition) is 2. The van der Waals surface area contributed by atoms with E-state index < -0.39 is 0 Å². The second-order valence-corrected chi connectivity index (χ2v) is 2.69. The SMILES string of the molecule is C=C[C@@H](N)c1ccc(OC)c(O)c1.Cl. The maximum atomic E-state index is 9.42. The summed E-state index contributed by atoms with van der Waals surface area (Å²) in [6.45, 7) is 3.57. The molecule has 0 saturated heterocycles. The van der Waals surface area contributed by atoms with Crippen molar-refractivity contribution < 1.29 is 9.84 Å². The van der Waals surface area contributed by atoms with Crippen LogP contribution in [0.2, 0.25) is 0 Å². The van der Waals surface area contributed by atoms with Gasteiger partial charge in [0.1, 0.15) is 0 Å². The predicted molar refractivity (Wildman–Crippen MR) is 59.0 cm³/mol. The Balaban J connectivity index is 0.00000169. The summed E-state index contributed by atoms with van der Waals surface area (Å²) in [6, 6.07) is 4.79. The first-order valence-electron chi connectivity index (χ1n) is 3.94. The lowest BCUT2D eigenvalue weighted by Gasteiger charge is -2.09. The molecule has 0 fully saturated rings. The number of benzene rings is 1. The zero-order chi connectivity index (χ0) is 9.84. The fourth-order valence-corrected chi connectivity index (χ4v) is 1.05. The van der Waals surface area contributed by atoms with E-state index in [1.807, 2.05) is 0 Å². The molecule has 0 aliphatic heterocycles. The van der Waals surface area contributed by atoms with E-state index in [4.69, 9.17) is 10.5 Å². The van der Waals surface area contributed by atoms with Crippen LogP contribution in [0, 0.1) is 0 Å². The number of aromatic hydroxyl groups is 1. The van der Waals surface area contributed by atoms with Crippen molar-refractivity contribution in [2.75, 3.05) is 7.11 Å². The van der Waals surface area contributed by atoms with Crippen LogP contribution in [-0.2, 0) is 0 Å². The Hall–Kier alpha value is -1.19. The molecule has 4 heteroatoms. The molecule has 3 N–H and O–H groups in total. The van der Waals surface area contributed by atoms with E-state index in [9.17, 15) is 5.11 Å². The van der Waals surface area contributed by atoms with Gasteiger partial charge < -0.3 is 15.6 Å². The molecule has 0 radical (unpaired) electrons. The van der Waals surface area contributed by atoms with Gasteiger partial charge in [0.15, 0.2) is 11.5 Å². The second-order valence-electron chi connectivity index (χ2n) is 2.69. The van der Waals surface area contributed by atoms with Crippen LogP contribution >= 0.6 is 12.4 Å². The summed E-state index contributed by atoms with van der Waals surface area (Å²) in [5, 5.41) is 9.42. The summed E-state index contributed by atoms with van der Waals surface area (Å²) in [4.78, 5) is 0. The van der Waals surface area contributed by atoms with Crippen LogP contribution in [0.5, 0.6) is 11.5 Å². The van der Waals surface area contributed by atoms with Gasteiger partial charge in [-0.3, -0.25) is 0 Å². The minimum Gasteiger partial charge on any atom is -0.504 e. The lowest BCUT2D eigenvalue weighted by Crippen LogP contribution is -2.06. The molecule has 0 aliphatic rings. The quantitative estimate of drug-likeness (QED) is 0.759. The van der Waals surface area contributed by atoms with E-state index in [0.29, 0.717) is 5.75 Å². The van der Waals surface area contributed by atoms with Crippen molar-refractivity contribution in [3.05, 3.63) is 36.4 Å². The van der Waals surface area contributed by atoms with Crippen molar-refractivity contribution in [2.24, 2.45) is 5.73 Å². The normalized spacial score (nSPS) is 11.3. The van der Waals surface area contributed by atoms with E-state index in [1.165, 1.54) is 7.11 Å². The van der Waals surface area contributed by atoms with Crippen molar-refractivity contribution >= 4 is 12.4 Å². The predicted octanol–water partition coefficient (Wildman–Crippen LogP) is 2.01. The highest BCUT2D eigenvalue weighted by Gasteiger charge is 2.05. The Morgan fingerprint density at radius 1 is 1.57 bits per heavy atom. The first kappa shape index (κ1) is 12.8. The maximum absolute atomic E-state index is 9.42. The van der Waals surface area contributed by atoms with E-state index >= 15 is 0 Å². The fourth-order valence-electron chi connectivity index (χ4n) is 1.05. The van der Waals surface area contributed by atoms with Gasteiger partial charge in [-0.25, -0.2) is 0 Å². The van der Waals surface area contributed by atoms with Gasteiger partial charge in [0.05, 0.1) is 7.11 Å². The van der Waals surface area contributed by atoms with Crippen LogP contribution in [0.25, 0.3) is 0 Å². The van der Waals surface area contributed by atoms with Gasteiger partial charge in [0.25, 0.3) is 0 Å². The highest BCUT2D eigenvalue weighted by molar-refractivity contribution is 5.85. The summed E-state index contributed by atoms with van der Waals surface area (Å²) in [6.07, 6.45) is 1.61. The number of hydrogen-bond acceptors (Lipinski definition) is 3. The Kier molecular flexibility index (Phi) is 5.05. The molecule has 0 bridgehead atoms. The van der Waals surface area contributed by atoms with Crippen LogP contribution in [0.1, 0.15) is 11.6 Å². The summed E-state index contributed by atoms with van der Waals surface area (Å²) in [5.74, 6) is 0.539. The molecule has 0 heterocycles. The first-order valence-corrected chi connectivity index (χ1v) is 3.94. The van der Waals surface area contributed by atoms with Gasteiger partial charge in [-0.2, -0.15) is 0 Å². The van der Waals surface area contributed by atoms with Crippen molar-refractivity contribution in [1.82, 2.24) is 0 Å². The molecule has 0 aromatic heterocycles. The van der Waals surface area contributed by atoms with E-state index in [0.717, 1.165) is 5.56 Å². The molecule has 1 rings (SSSR count). The first-order chi connectivity index (χ1) is 6.19. The van der Waals surface area contributed by atoms with Crippen LogP contribution in [0.15, 0.2) is 30.9 Å². The standard InChI is InChI=1S/C10H13NO2.ClH/c1-3-8(11)7-4-5-10(13-2)9(12)6-7;/h3-6,8,12H,1,11H2,2H3;1H/t8-;/m1./s1. The van der Waals surface area contributed by atoms with Crippen LogP contribution in [0.4, 0.5) is 0 Å². The summed E-state index contributed by atoms with van der Waals surface area (Å²) in [5.41, 5.74) is 6.50. The van der Waals surface area contributed by atoms with Crippen molar-refractivity contribution in [2.45, 2.75) is 6.04 Å². The second kappa shape index (κ2) is 5.52. The molecule has 0 unspecified atom stereocenters. The molecule has 1 atom stereocenters. The number of methoxy groups -OCH3 is 1. The summed E-state index contributed by atoms with van der Waals surface area (Å²) < 4.78 is 4.90. The van der Waals surface area contributed by atoms with Gasteiger partial charge in [0, 0.05) is 6.04 Å². The molecular formula is C10H14ClNO2. The van der Waals surface area contributed by atoms with Crippen molar-refractivity contribution in [3.63, 3.8) is 0 Å². The number of phenols is 1. The largest absolute Gasteiger partial charge is 0.504 e. The molecule has 0 amide bonds. The Labute approximate surface area is 89.6 Å². The third-order valence-electron chi connectivity index (χ3n) is 1.84. The number of halogens is 1. The van der Waals surface area contributed by atoms with Crippen LogP contribution in [-0.4, -0.2) is 12.2 Å². The highest BCUT2D eigenvalue weighted by Crippen LogP contribution is 2.28. The summed E-state index contributed by atoms with van der Waals surface area (Å²) >= 11 is 0. The van der Waals surface area contributed by atoms with Gasteiger partial charge in [-0.05, 0) is 17.7 Å². The number of ether oxygens (including phenoxy) is 1. The molecule has 0 saturated carbocycles. The molecule has 0 aliphatic carbocycles. The van der Waals surface area contributed by atoms with Crippen LogP contribution in [0.3, 0.4) is 0 Å². The number of nitrogens with two attached hydrogens (primary N) is 1. The van der Waals surface area contributed by atoms with E-state index in [2.05, 4.69) is 6.58 Å². The average Bonchev–Trinajstić information content (AvgIpc) is 2.16. The number of rotatable bonds is 3. The third kappa shape index (κ3) is 2.65. The molecular weight excluding hydrogens is 202 g/mol. The molecule has 0 spiro atoms. The Morgan fingerprint density at radius 3 is 2.64 bits per heavy atom. The van der Waals surface area contributed by atoms with Gasteiger partial charge in [0.2, 0.25) is 0 Å². The molecule has 1 aromatic carbocycles. The van der Waals surface area contributed by atoms with Crippen molar-refractivity contribution in [3.8, 4) is 11.5 Å². The van der Waals surface area contributed by atoms with Gasteiger partial charge in [-0.1, -0.05) is 12.1 Å². The van der Waals surface area contributed by atoms with E-state index in [-0.39, 0.29) is 24.2 Å². The Morgan fingerprint density at radius 2 is 2.21 bits per heavy atom. The lowest BCUT2D eigenvalue weighted by molar-refractivity contribution is 0.373. The zero-order valence-corrected chi connectivity index (χ0v) is 8.75. The van der Waals surface area contributed by atoms with E-state index in [1.54, 1.807) is 24.3 Å². The molecule has 14 heavy (non-hydrogen) atoms. The molecule has 78 valence electrons. The van der Waals surface area contributed by atoms with Gasteiger partial charge >= 0.3 is 0 Å². The zero-order valence-electron chi connectivity index (χ0n) is 7.93. The minimum atomic E-state index is -0.253. The van der Waals surface area contributed by atoms with Crippen molar-refractivity contribution in [1.29, 1.82) is 0 Å². The van der Waals surface area contributed by atoms with Gasteiger partial charge in [-0.15, -0.1) is 19.0 Å². The fraction of sp³-hybridized carbons (Fsp3) is 0.200. The summed E-state index contributed by atoms with van der Waals surface area (Å²) in [7, 11) is 1.50. The lowest BCUT2D eigenvalue weighted by atomic mass is 10.1. The molecule has 1 aromatic rings.